The Morgan fingerprint density at radius 1 is 0.839 bits per heavy atom. The molecule has 4 rings (SSSR count). The van der Waals surface area contributed by atoms with Crippen LogP contribution < -0.4 is 4.90 Å². The van der Waals surface area contributed by atoms with Crippen molar-refractivity contribution in [2.75, 3.05) is 18.0 Å². The number of anilines is 1. The minimum Gasteiger partial charge on any atom is -0.366 e. The average Bonchev–Trinajstić information content (AvgIpc) is 2.98. The zero-order valence-electron chi connectivity index (χ0n) is 19.2. The Kier molecular flexibility index (Phi) is 5.74. The summed E-state index contributed by atoms with van der Waals surface area (Å²) in [4.78, 5) is 30.9. The number of hydrogen-bond donors (Lipinski definition) is 0. The Labute approximate surface area is 185 Å². The van der Waals surface area contributed by atoms with Gasteiger partial charge in [0.05, 0.1) is 11.3 Å². The summed E-state index contributed by atoms with van der Waals surface area (Å²) < 4.78 is 0. The number of rotatable bonds is 4. The Bertz CT molecular complexity index is 1010. The molecule has 2 aromatic rings. The maximum absolute atomic E-state index is 13.7. The molecule has 0 aromatic heterocycles. The van der Waals surface area contributed by atoms with E-state index in [-0.39, 0.29) is 11.8 Å². The Hall–Kier alpha value is -2.88. The van der Waals surface area contributed by atoms with Crippen LogP contribution in [-0.4, -0.2) is 29.8 Å². The number of benzene rings is 2. The van der Waals surface area contributed by atoms with Crippen molar-refractivity contribution in [3.05, 3.63) is 70.9 Å². The molecule has 0 saturated carbocycles. The van der Waals surface area contributed by atoms with Crippen LogP contribution in [0, 0.1) is 18.8 Å². The summed E-state index contributed by atoms with van der Waals surface area (Å²) in [5.74, 6) is 0.925. The van der Waals surface area contributed by atoms with Crippen LogP contribution in [0.15, 0.2) is 54.2 Å². The van der Waals surface area contributed by atoms with Crippen molar-refractivity contribution in [3.63, 3.8) is 0 Å². The molecule has 0 radical (unpaired) electrons. The quantitative estimate of drug-likeness (QED) is 0.628. The van der Waals surface area contributed by atoms with Crippen molar-refractivity contribution in [2.24, 2.45) is 11.8 Å². The highest BCUT2D eigenvalue weighted by Crippen LogP contribution is 2.37. The lowest BCUT2D eigenvalue weighted by Crippen LogP contribution is -2.42. The fraction of sp³-hybridized carbons (Fsp3) is 0.407. The highest BCUT2D eigenvalue weighted by atomic mass is 16.2. The van der Waals surface area contributed by atoms with E-state index in [2.05, 4.69) is 32.6 Å². The van der Waals surface area contributed by atoms with Gasteiger partial charge in [0.25, 0.3) is 11.8 Å². The van der Waals surface area contributed by atoms with Crippen molar-refractivity contribution in [1.82, 2.24) is 4.90 Å². The summed E-state index contributed by atoms with van der Waals surface area (Å²) in [5, 5.41) is 0. The Morgan fingerprint density at radius 3 is 1.97 bits per heavy atom. The highest BCUT2D eigenvalue weighted by molar-refractivity contribution is 6.45. The minimum absolute atomic E-state index is 0.209. The second-order valence-corrected chi connectivity index (χ2v) is 9.63. The van der Waals surface area contributed by atoms with Gasteiger partial charge < -0.3 is 4.90 Å². The standard InChI is InChI=1S/C27H32N2O2/c1-17(2)21-10-12-23(13-11-21)29-26(30)24(22-8-6-18(3)7-9-22)25(27(29)31)28-15-19(4)14-20(5)16-28/h6-13,17,19-20H,14-16H2,1-5H3. The molecule has 31 heavy (non-hydrogen) atoms. The van der Waals surface area contributed by atoms with E-state index in [1.165, 1.54) is 10.5 Å². The highest BCUT2D eigenvalue weighted by Gasteiger charge is 2.43. The zero-order chi connectivity index (χ0) is 22.3. The Morgan fingerprint density at radius 2 is 1.42 bits per heavy atom. The van der Waals surface area contributed by atoms with Crippen LogP contribution in [0.1, 0.15) is 56.7 Å². The molecule has 2 aliphatic heterocycles. The molecule has 2 aromatic carbocycles. The summed E-state index contributed by atoms with van der Waals surface area (Å²) in [6.07, 6.45) is 1.15. The molecule has 2 atom stereocenters. The summed E-state index contributed by atoms with van der Waals surface area (Å²) in [5.41, 5.74) is 4.85. The van der Waals surface area contributed by atoms with E-state index in [4.69, 9.17) is 0 Å². The van der Waals surface area contributed by atoms with E-state index < -0.39 is 0 Å². The van der Waals surface area contributed by atoms with Gasteiger partial charge >= 0.3 is 0 Å². The van der Waals surface area contributed by atoms with E-state index in [1.807, 2.05) is 55.5 Å². The van der Waals surface area contributed by atoms with Crippen molar-refractivity contribution < 1.29 is 9.59 Å². The van der Waals surface area contributed by atoms with Crippen LogP contribution in [0.25, 0.3) is 5.57 Å². The van der Waals surface area contributed by atoms with E-state index in [0.29, 0.717) is 34.7 Å². The SMILES string of the molecule is Cc1ccc(C2=C(N3CC(C)CC(C)C3)C(=O)N(c3ccc(C(C)C)cc3)C2=O)cc1. The van der Waals surface area contributed by atoms with Crippen LogP contribution in [0.3, 0.4) is 0 Å². The normalized spacial score (nSPS) is 22.1. The predicted octanol–water partition coefficient (Wildman–Crippen LogP) is 5.38. The zero-order valence-corrected chi connectivity index (χ0v) is 19.2. The number of nitrogens with zero attached hydrogens (tertiary/aromatic N) is 2. The molecule has 2 heterocycles. The van der Waals surface area contributed by atoms with Gasteiger partial charge in [0.2, 0.25) is 0 Å². The van der Waals surface area contributed by atoms with E-state index in [9.17, 15) is 9.59 Å². The minimum atomic E-state index is -0.230. The fourth-order valence-corrected chi connectivity index (χ4v) is 4.88. The van der Waals surface area contributed by atoms with Gasteiger partial charge in [-0.2, -0.15) is 0 Å². The molecule has 1 saturated heterocycles. The molecule has 4 heteroatoms. The lowest BCUT2D eigenvalue weighted by atomic mass is 9.91. The van der Waals surface area contributed by atoms with Gasteiger partial charge in [0, 0.05) is 13.1 Å². The first-order chi connectivity index (χ1) is 14.8. The van der Waals surface area contributed by atoms with Crippen LogP contribution in [0.5, 0.6) is 0 Å². The number of piperidine rings is 1. The summed E-state index contributed by atoms with van der Waals surface area (Å²) in [6.45, 7) is 12.3. The molecule has 0 spiro atoms. The maximum Gasteiger partial charge on any atom is 0.282 e. The van der Waals surface area contributed by atoms with Gasteiger partial charge in [-0.15, -0.1) is 0 Å². The lowest BCUT2D eigenvalue weighted by molar-refractivity contribution is -0.120. The van der Waals surface area contributed by atoms with Gasteiger partial charge in [0.1, 0.15) is 5.70 Å². The van der Waals surface area contributed by atoms with Gasteiger partial charge in [-0.1, -0.05) is 69.7 Å². The van der Waals surface area contributed by atoms with Crippen molar-refractivity contribution in [1.29, 1.82) is 0 Å². The van der Waals surface area contributed by atoms with Crippen LogP contribution >= 0.6 is 0 Å². The number of amides is 2. The molecule has 0 bridgehead atoms. The largest absolute Gasteiger partial charge is 0.366 e. The lowest BCUT2D eigenvalue weighted by Gasteiger charge is -2.37. The van der Waals surface area contributed by atoms with Crippen molar-refractivity contribution >= 4 is 23.1 Å². The second-order valence-electron chi connectivity index (χ2n) is 9.63. The molecular formula is C27H32N2O2. The van der Waals surface area contributed by atoms with E-state index in [1.54, 1.807) is 0 Å². The molecular weight excluding hydrogens is 384 g/mol. The second kappa shape index (κ2) is 8.33. The molecule has 0 aliphatic carbocycles. The molecule has 2 unspecified atom stereocenters. The number of likely N-dealkylation sites (tertiary alicyclic amines) is 1. The number of carbonyl (C=O) groups excluding carboxylic acids is 2. The molecule has 162 valence electrons. The number of aryl methyl sites for hydroxylation is 1. The molecule has 0 N–H and O–H groups in total. The number of carbonyl (C=O) groups is 2. The third kappa shape index (κ3) is 4.04. The van der Waals surface area contributed by atoms with Gasteiger partial charge in [0.15, 0.2) is 0 Å². The first-order valence-corrected chi connectivity index (χ1v) is 11.3. The van der Waals surface area contributed by atoms with Crippen molar-refractivity contribution in [2.45, 2.75) is 47.0 Å². The van der Waals surface area contributed by atoms with Crippen molar-refractivity contribution in [3.8, 4) is 0 Å². The van der Waals surface area contributed by atoms with Gasteiger partial charge in [-0.3, -0.25) is 9.59 Å². The third-order valence-electron chi connectivity index (χ3n) is 6.40. The predicted molar refractivity (Wildman–Crippen MR) is 126 cm³/mol. The number of imide groups is 1. The van der Waals surface area contributed by atoms with Gasteiger partial charge in [-0.05, 0) is 54.4 Å². The van der Waals surface area contributed by atoms with E-state index in [0.717, 1.165) is 30.6 Å². The average molecular weight is 417 g/mol. The summed E-state index contributed by atoms with van der Waals surface area (Å²) >= 11 is 0. The number of hydrogen-bond acceptors (Lipinski definition) is 3. The van der Waals surface area contributed by atoms with Crippen LogP contribution in [0.4, 0.5) is 5.69 Å². The first kappa shape index (κ1) is 21.4. The molecule has 1 fully saturated rings. The Balaban J connectivity index is 1.79. The van der Waals surface area contributed by atoms with Crippen LogP contribution in [-0.2, 0) is 9.59 Å². The first-order valence-electron chi connectivity index (χ1n) is 11.3. The molecule has 4 nitrogen and oxygen atoms in total. The van der Waals surface area contributed by atoms with Gasteiger partial charge in [-0.25, -0.2) is 4.90 Å². The van der Waals surface area contributed by atoms with Crippen LogP contribution in [0.2, 0.25) is 0 Å². The maximum atomic E-state index is 13.7. The topological polar surface area (TPSA) is 40.6 Å². The fourth-order valence-electron chi connectivity index (χ4n) is 4.88. The molecule has 2 amide bonds. The monoisotopic (exact) mass is 416 g/mol. The smallest absolute Gasteiger partial charge is 0.282 e. The third-order valence-corrected chi connectivity index (χ3v) is 6.40. The molecule has 2 aliphatic rings. The summed E-state index contributed by atoms with van der Waals surface area (Å²) in [7, 11) is 0. The summed E-state index contributed by atoms with van der Waals surface area (Å²) in [6, 6.07) is 15.7. The van der Waals surface area contributed by atoms with E-state index >= 15 is 0 Å².